The third-order valence-corrected chi connectivity index (χ3v) is 4.26. The highest BCUT2D eigenvalue weighted by molar-refractivity contribution is 5.87. The maximum atomic E-state index is 5.88. The zero-order valence-corrected chi connectivity index (χ0v) is 13.9. The van der Waals surface area contributed by atoms with Gasteiger partial charge in [-0.05, 0) is 26.0 Å². The summed E-state index contributed by atoms with van der Waals surface area (Å²) >= 11 is 0. The van der Waals surface area contributed by atoms with E-state index in [0.29, 0.717) is 19.0 Å². The van der Waals surface area contributed by atoms with Crippen LogP contribution >= 0.6 is 0 Å². The molecule has 1 aromatic carbocycles. The fourth-order valence-electron chi connectivity index (χ4n) is 3.06. The van der Waals surface area contributed by atoms with Gasteiger partial charge in [-0.2, -0.15) is 0 Å². The highest BCUT2D eigenvalue weighted by Crippen LogP contribution is 2.46. The molecule has 0 saturated carbocycles. The Morgan fingerprint density at radius 1 is 0.958 bits per heavy atom. The van der Waals surface area contributed by atoms with E-state index in [-0.39, 0.29) is 0 Å². The molecule has 0 spiro atoms. The van der Waals surface area contributed by atoms with Gasteiger partial charge >= 0.3 is 0 Å². The van der Waals surface area contributed by atoms with Crippen molar-refractivity contribution in [2.75, 3.05) is 20.3 Å². The summed E-state index contributed by atoms with van der Waals surface area (Å²) < 4.78 is 17.1. The van der Waals surface area contributed by atoms with Crippen LogP contribution < -0.4 is 14.2 Å². The largest absolute Gasteiger partial charge is 0.496 e. The second kappa shape index (κ2) is 5.67. The zero-order chi connectivity index (χ0) is 16.7. The molecule has 0 atom stereocenters. The summed E-state index contributed by atoms with van der Waals surface area (Å²) in [6.45, 7) is 5.04. The fraction of sp³-hybridized carbons (Fsp3) is 0.263. The van der Waals surface area contributed by atoms with Gasteiger partial charge in [-0.15, -0.1) is 0 Å². The van der Waals surface area contributed by atoms with Crippen LogP contribution in [-0.4, -0.2) is 30.3 Å². The number of methoxy groups -OCH3 is 1. The van der Waals surface area contributed by atoms with E-state index in [2.05, 4.69) is 9.97 Å². The van der Waals surface area contributed by atoms with E-state index < -0.39 is 0 Å². The van der Waals surface area contributed by atoms with Crippen LogP contribution in [0.25, 0.3) is 22.0 Å². The average Bonchev–Trinajstić information content (AvgIpc) is 2.61. The van der Waals surface area contributed by atoms with Crippen molar-refractivity contribution in [3.05, 3.63) is 41.9 Å². The first-order valence-corrected chi connectivity index (χ1v) is 7.87. The minimum Gasteiger partial charge on any atom is -0.496 e. The zero-order valence-electron chi connectivity index (χ0n) is 13.9. The number of benzene rings is 1. The Labute approximate surface area is 140 Å². The Morgan fingerprint density at radius 2 is 1.71 bits per heavy atom. The van der Waals surface area contributed by atoms with Gasteiger partial charge in [0.25, 0.3) is 0 Å². The van der Waals surface area contributed by atoms with Crippen molar-refractivity contribution < 1.29 is 14.2 Å². The maximum absolute atomic E-state index is 5.88. The second-order valence-electron chi connectivity index (χ2n) is 5.85. The van der Waals surface area contributed by atoms with E-state index in [0.717, 1.165) is 44.8 Å². The third-order valence-electron chi connectivity index (χ3n) is 4.26. The Hall–Kier alpha value is -2.82. The molecule has 5 heteroatoms. The molecule has 24 heavy (non-hydrogen) atoms. The molecule has 122 valence electrons. The van der Waals surface area contributed by atoms with Gasteiger partial charge in [-0.3, -0.25) is 9.97 Å². The molecule has 0 saturated heterocycles. The number of aromatic nitrogens is 2. The number of aryl methyl sites for hydroxylation is 1. The predicted molar refractivity (Wildman–Crippen MR) is 92.0 cm³/mol. The molecule has 3 aromatic rings. The van der Waals surface area contributed by atoms with Gasteiger partial charge in [0.1, 0.15) is 19.0 Å². The smallest absolute Gasteiger partial charge is 0.171 e. The molecule has 0 amide bonds. The lowest BCUT2D eigenvalue weighted by molar-refractivity contribution is 0.171. The Bertz CT molecular complexity index is 938. The number of nitrogens with zero attached hydrogens (tertiary/aromatic N) is 2. The van der Waals surface area contributed by atoms with Crippen molar-refractivity contribution in [1.82, 2.24) is 9.97 Å². The Kier molecular flexibility index (Phi) is 3.49. The molecule has 0 fully saturated rings. The summed E-state index contributed by atoms with van der Waals surface area (Å²) in [7, 11) is 1.66. The van der Waals surface area contributed by atoms with Gasteiger partial charge in [-0.25, -0.2) is 0 Å². The number of hydrogen-bond donors (Lipinski definition) is 0. The van der Waals surface area contributed by atoms with Crippen LogP contribution in [0.3, 0.4) is 0 Å². The normalized spacial score (nSPS) is 13.1. The van der Waals surface area contributed by atoms with Crippen LogP contribution in [-0.2, 0) is 0 Å². The van der Waals surface area contributed by atoms with E-state index in [1.165, 1.54) is 0 Å². The molecule has 0 radical (unpaired) electrons. The van der Waals surface area contributed by atoms with Crippen molar-refractivity contribution in [3.8, 4) is 28.5 Å². The molecule has 1 aliphatic heterocycles. The molecule has 4 rings (SSSR count). The van der Waals surface area contributed by atoms with Crippen LogP contribution in [0.2, 0.25) is 0 Å². The van der Waals surface area contributed by atoms with Crippen molar-refractivity contribution in [2.24, 2.45) is 0 Å². The predicted octanol–water partition coefficient (Wildman–Crippen LogP) is 3.69. The molecule has 0 aliphatic carbocycles. The molecular formula is C19H18N2O3. The first-order chi connectivity index (χ1) is 11.7. The summed E-state index contributed by atoms with van der Waals surface area (Å²) in [5, 5.41) is 2.11. The maximum Gasteiger partial charge on any atom is 0.171 e. The standard InChI is InChI=1S/C19H18N2O3/c1-11-6-13-10-21-15(7-14(13)9-20-11)18-12(2)16(22-3)8-17-19(18)24-5-4-23-17/h6-10H,4-5H2,1-3H3. The van der Waals surface area contributed by atoms with E-state index in [9.17, 15) is 0 Å². The number of hydrogen-bond acceptors (Lipinski definition) is 5. The number of ether oxygens (including phenoxy) is 3. The molecule has 0 unspecified atom stereocenters. The molecule has 1 aliphatic rings. The Morgan fingerprint density at radius 3 is 2.54 bits per heavy atom. The van der Waals surface area contributed by atoms with E-state index in [1.54, 1.807) is 7.11 Å². The van der Waals surface area contributed by atoms with E-state index in [4.69, 9.17) is 14.2 Å². The van der Waals surface area contributed by atoms with Crippen LogP contribution in [0.5, 0.6) is 17.2 Å². The monoisotopic (exact) mass is 322 g/mol. The van der Waals surface area contributed by atoms with Crippen molar-refractivity contribution in [2.45, 2.75) is 13.8 Å². The lowest BCUT2D eigenvalue weighted by Gasteiger charge is -2.23. The molecule has 0 bridgehead atoms. The molecule has 3 heterocycles. The third kappa shape index (κ3) is 2.33. The molecular weight excluding hydrogens is 304 g/mol. The SMILES string of the molecule is COc1cc2c(c(-c3cc4cnc(C)cc4cn3)c1C)OCCO2. The average molecular weight is 322 g/mol. The summed E-state index contributed by atoms with van der Waals surface area (Å²) in [5.74, 6) is 2.19. The first-order valence-electron chi connectivity index (χ1n) is 7.87. The van der Waals surface area contributed by atoms with Crippen molar-refractivity contribution >= 4 is 10.8 Å². The summed E-state index contributed by atoms with van der Waals surface area (Å²) in [6, 6.07) is 5.93. The lowest BCUT2D eigenvalue weighted by atomic mass is 10.00. The summed E-state index contributed by atoms with van der Waals surface area (Å²) in [4.78, 5) is 9.02. The molecule has 2 aromatic heterocycles. The lowest BCUT2D eigenvalue weighted by Crippen LogP contribution is -2.16. The van der Waals surface area contributed by atoms with Gasteiger partial charge in [-0.1, -0.05) is 0 Å². The number of fused-ring (bicyclic) bond motifs is 2. The van der Waals surface area contributed by atoms with Crippen LogP contribution in [0.15, 0.2) is 30.6 Å². The van der Waals surface area contributed by atoms with E-state index in [1.807, 2.05) is 44.4 Å². The quantitative estimate of drug-likeness (QED) is 0.720. The fourth-order valence-corrected chi connectivity index (χ4v) is 3.06. The molecule has 5 nitrogen and oxygen atoms in total. The Balaban J connectivity index is 1.96. The summed E-state index contributed by atoms with van der Waals surface area (Å²) in [5.41, 5.74) is 3.69. The number of pyridine rings is 2. The number of rotatable bonds is 2. The van der Waals surface area contributed by atoms with Crippen LogP contribution in [0.1, 0.15) is 11.3 Å². The van der Waals surface area contributed by atoms with Crippen molar-refractivity contribution in [3.63, 3.8) is 0 Å². The minimum absolute atomic E-state index is 0.528. The highest BCUT2D eigenvalue weighted by atomic mass is 16.6. The van der Waals surface area contributed by atoms with Crippen LogP contribution in [0.4, 0.5) is 0 Å². The van der Waals surface area contributed by atoms with Crippen LogP contribution in [0, 0.1) is 13.8 Å². The van der Waals surface area contributed by atoms with E-state index >= 15 is 0 Å². The van der Waals surface area contributed by atoms with Gasteiger partial charge in [0.2, 0.25) is 0 Å². The van der Waals surface area contributed by atoms with Gasteiger partial charge in [0, 0.05) is 40.5 Å². The van der Waals surface area contributed by atoms with Gasteiger partial charge in [0.05, 0.1) is 18.4 Å². The van der Waals surface area contributed by atoms with Crippen molar-refractivity contribution in [1.29, 1.82) is 0 Å². The topological polar surface area (TPSA) is 53.5 Å². The van der Waals surface area contributed by atoms with Gasteiger partial charge < -0.3 is 14.2 Å². The van der Waals surface area contributed by atoms with Gasteiger partial charge in [0.15, 0.2) is 11.5 Å². The highest BCUT2D eigenvalue weighted by Gasteiger charge is 2.23. The second-order valence-corrected chi connectivity index (χ2v) is 5.85. The first kappa shape index (κ1) is 14.8. The summed E-state index contributed by atoms with van der Waals surface area (Å²) in [6.07, 6.45) is 3.74. The molecule has 0 N–H and O–H groups in total. The minimum atomic E-state index is 0.528.